The van der Waals surface area contributed by atoms with Crippen LogP contribution in [0.3, 0.4) is 0 Å². The minimum absolute atomic E-state index is 0.0198. The van der Waals surface area contributed by atoms with E-state index in [1.54, 1.807) is 12.1 Å². The standard InChI is InChI=1S/C15H18FN3O/c1-2-15(7-8-17-10-15)14-18-13(19-20-14)9-11-3-5-12(16)6-4-11/h3-6,17H,2,7-10H2,1H3. The van der Waals surface area contributed by atoms with Gasteiger partial charge >= 0.3 is 0 Å². The van der Waals surface area contributed by atoms with E-state index in [1.807, 2.05) is 0 Å². The van der Waals surface area contributed by atoms with Crippen LogP contribution in [0.4, 0.5) is 4.39 Å². The summed E-state index contributed by atoms with van der Waals surface area (Å²) in [5.41, 5.74) is 0.961. The van der Waals surface area contributed by atoms with Crippen molar-refractivity contribution in [2.75, 3.05) is 13.1 Å². The summed E-state index contributed by atoms with van der Waals surface area (Å²) in [6.45, 7) is 4.03. The van der Waals surface area contributed by atoms with Crippen LogP contribution >= 0.6 is 0 Å². The molecule has 3 rings (SSSR count). The Labute approximate surface area is 117 Å². The van der Waals surface area contributed by atoms with Crippen LogP contribution in [0.15, 0.2) is 28.8 Å². The molecule has 1 aromatic carbocycles. The number of benzene rings is 1. The highest BCUT2D eigenvalue weighted by Crippen LogP contribution is 2.32. The zero-order valence-corrected chi connectivity index (χ0v) is 11.5. The molecule has 0 spiro atoms. The molecule has 1 aliphatic heterocycles. The fourth-order valence-electron chi connectivity index (χ4n) is 2.71. The molecule has 0 amide bonds. The highest BCUT2D eigenvalue weighted by molar-refractivity contribution is 5.20. The summed E-state index contributed by atoms with van der Waals surface area (Å²) < 4.78 is 18.3. The summed E-state index contributed by atoms with van der Waals surface area (Å²) in [5, 5.41) is 7.42. The highest BCUT2D eigenvalue weighted by Gasteiger charge is 2.39. The largest absolute Gasteiger partial charge is 0.339 e. The Morgan fingerprint density at radius 1 is 1.35 bits per heavy atom. The molecule has 1 unspecified atom stereocenters. The molecule has 1 N–H and O–H groups in total. The second-order valence-corrected chi connectivity index (χ2v) is 5.38. The van der Waals surface area contributed by atoms with Crippen molar-refractivity contribution in [1.82, 2.24) is 15.5 Å². The number of nitrogens with one attached hydrogen (secondary N) is 1. The molecule has 0 radical (unpaired) electrons. The lowest BCUT2D eigenvalue weighted by Crippen LogP contribution is -2.28. The lowest BCUT2D eigenvalue weighted by atomic mass is 9.84. The van der Waals surface area contributed by atoms with Crippen LogP contribution in [-0.2, 0) is 11.8 Å². The summed E-state index contributed by atoms with van der Waals surface area (Å²) in [7, 11) is 0. The molecule has 1 fully saturated rings. The van der Waals surface area contributed by atoms with Crippen molar-refractivity contribution in [1.29, 1.82) is 0 Å². The SMILES string of the molecule is CCC1(c2nc(Cc3ccc(F)cc3)no2)CCNC1. The third-order valence-electron chi connectivity index (χ3n) is 4.12. The maximum absolute atomic E-state index is 12.9. The van der Waals surface area contributed by atoms with Crippen LogP contribution in [0.5, 0.6) is 0 Å². The zero-order chi connectivity index (χ0) is 14.0. The van der Waals surface area contributed by atoms with Gasteiger partial charge in [0.05, 0.1) is 5.41 Å². The topological polar surface area (TPSA) is 51.0 Å². The highest BCUT2D eigenvalue weighted by atomic mass is 19.1. The number of rotatable bonds is 4. The van der Waals surface area contributed by atoms with Crippen molar-refractivity contribution in [2.45, 2.75) is 31.6 Å². The van der Waals surface area contributed by atoms with Crippen LogP contribution < -0.4 is 5.32 Å². The van der Waals surface area contributed by atoms with Gasteiger partial charge in [-0.15, -0.1) is 0 Å². The molecular formula is C15H18FN3O. The summed E-state index contributed by atoms with van der Waals surface area (Å²) >= 11 is 0. The Kier molecular flexibility index (Phi) is 3.53. The third-order valence-corrected chi connectivity index (χ3v) is 4.12. The lowest BCUT2D eigenvalue weighted by molar-refractivity contribution is 0.283. The first kappa shape index (κ1) is 13.2. The van der Waals surface area contributed by atoms with E-state index in [1.165, 1.54) is 12.1 Å². The predicted molar refractivity (Wildman–Crippen MR) is 73.0 cm³/mol. The number of hydrogen-bond donors (Lipinski definition) is 1. The van der Waals surface area contributed by atoms with Gasteiger partial charge in [-0.3, -0.25) is 0 Å². The van der Waals surface area contributed by atoms with Crippen molar-refractivity contribution in [2.24, 2.45) is 0 Å². The van der Waals surface area contributed by atoms with Gasteiger partial charge in [-0.1, -0.05) is 24.2 Å². The molecule has 20 heavy (non-hydrogen) atoms. The van der Waals surface area contributed by atoms with Gasteiger partial charge in [-0.05, 0) is 37.1 Å². The van der Waals surface area contributed by atoms with Gasteiger partial charge in [-0.2, -0.15) is 4.98 Å². The van der Waals surface area contributed by atoms with Crippen molar-refractivity contribution < 1.29 is 8.91 Å². The van der Waals surface area contributed by atoms with Crippen LogP contribution in [-0.4, -0.2) is 23.2 Å². The zero-order valence-electron chi connectivity index (χ0n) is 11.5. The first-order chi connectivity index (χ1) is 9.72. The van der Waals surface area contributed by atoms with Gasteiger partial charge in [0.1, 0.15) is 5.82 Å². The maximum Gasteiger partial charge on any atom is 0.234 e. The summed E-state index contributed by atoms with van der Waals surface area (Å²) in [6.07, 6.45) is 2.58. The molecule has 106 valence electrons. The normalized spacial score (nSPS) is 22.3. The van der Waals surface area contributed by atoms with Gasteiger partial charge < -0.3 is 9.84 Å². The van der Waals surface area contributed by atoms with E-state index in [9.17, 15) is 4.39 Å². The molecule has 1 aliphatic rings. The fourth-order valence-corrected chi connectivity index (χ4v) is 2.71. The van der Waals surface area contributed by atoms with Gasteiger partial charge in [-0.25, -0.2) is 4.39 Å². The Hall–Kier alpha value is -1.75. The molecule has 1 aromatic heterocycles. The van der Waals surface area contributed by atoms with E-state index in [0.717, 1.165) is 37.4 Å². The van der Waals surface area contributed by atoms with Crippen LogP contribution in [0.1, 0.15) is 37.0 Å². The first-order valence-electron chi connectivity index (χ1n) is 7.00. The molecular weight excluding hydrogens is 257 g/mol. The van der Waals surface area contributed by atoms with Crippen molar-refractivity contribution in [3.05, 3.63) is 47.4 Å². The van der Waals surface area contributed by atoms with Crippen molar-refractivity contribution >= 4 is 0 Å². The molecule has 5 heteroatoms. The Morgan fingerprint density at radius 3 is 2.80 bits per heavy atom. The summed E-state index contributed by atoms with van der Waals surface area (Å²) in [4.78, 5) is 4.54. The monoisotopic (exact) mass is 275 g/mol. The molecule has 2 heterocycles. The van der Waals surface area contributed by atoms with E-state index >= 15 is 0 Å². The fraction of sp³-hybridized carbons (Fsp3) is 0.467. The number of halogens is 1. The number of aromatic nitrogens is 2. The predicted octanol–water partition coefficient (Wildman–Crippen LogP) is 2.44. The minimum Gasteiger partial charge on any atom is -0.339 e. The van der Waals surface area contributed by atoms with E-state index in [2.05, 4.69) is 22.4 Å². The quantitative estimate of drug-likeness (QED) is 0.931. The molecule has 0 saturated carbocycles. The van der Waals surface area contributed by atoms with Gasteiger partial charge in [0.2, 0.25) is 5.89 Å². The third kappa shape index (κ3) is 2.45. The van der Waals surface area contributed by atoms with E-state index in [0.29, 0.717) is 12.2 Å². The average molecular weight is 275 g/mol. The van der Waals surface area contributed by atoms with E-state index in [4.69, 9.17) is 4.52 Å². The summed E-state index contributed by atoms with van der Waals surface area (Å²) in [5.74, 6) is 1.15. The Balaban J connectivity index is 1.78. The molecule has 2 aromatic rings. The van der Waals surface area contributed by atoms with Crippen LogP contribution in [0.25, 0.3) is 0 Å². The molecule has 4 nitrogen and oxygen atoms in total. The Bertz CT molecular complexity index is 573. The summed E-state index contributed by atoms with van der Waals surface area (Å²) in [6, 6.07) is 6.39. The molecule has 1 atom stereocenters. The molecule has 0 bridgehead atoms. The van der Waals surface area contributed by atoms with Gasteiger partial charge in [0, 0.05) is 13.0 Å². The van der Waals surface area contributed by atoms with Crippen LogP contribution in [0, 0.1) is 5.82 Å². The van der Waals surface area contributed by atoms with Crippen molar-refractivity contribution in [3.8, 4) is 0 Å². The maximum atomic E-state index is 12.9. The number of nitrogens with zero attached hydrogens (tertiary/aromatic N) is 2. The van der Waals surface area contributed by atoms with Crippen molar-refractivity contribution in [3.63, 3.8) is 0 Å². The molecule has 1 saturated heterocycles. The van der Waals surface area contributed by atoms with E-state index < -0.39 is 0 Å². The average Bonchev–Trinajstić information content (AvgIpc) is 3.11. The smallest absolute Gasteiger partial charge is 0.234 e. The van der Waals surface area contributed by atoms with Gasteiger partial charge in [0.25, 0.3) is 0 Å². The second-order valence-electron chi connectivity index (χ2n) is 5.38. The number of hydrogen-bond acceptors (Lipinski definition) is 4. The molecule has 0 aliphatic carbocycles. The van der Waals surface area contributed by atoms with Gasteiger partial charge in [0.15, 0.2) is 5.82 Å². The lowest BCUT2D eigenvalue weighted by Gasteiger charge is -2.20. The van der Waals surface area contributed by atoms with E-state index in [-0.39, 0.29) is 11.2 Å². The Morgan fingerprint density at radius 2 is 2.15 bits per heavy atom. The minimum atomic E-state index is -0.232. The van der Waals surface area contributed by atoms with Crippen LogP contribution in [0.2, 0.25) is 0 Å². The first-order valence-corrected chi connectivity index (χ1v) is 7.00. The second kappa shape index (κ2) is 5.32.